The average Bonchev–Trinajstić information content (AvgIpc) is 3.30. The first-order valence-corrected chi connectivity index (χ1v) is 11.0. The molecule has 2 aromatic heterocycles. The number of fused-ring (bicyclic) bond motifs is 1. The quantitative estimate of drug-likeness (QED) is 0.344. The highest BCUT2D eigenvalue weighted by Crippen LogP contribution is 2.22. The van der Waals surface area contributed by atoms with Crippen LogP contribution in [0.4, 0.5) is 10.1 Å². The van der Waals surface area contributed by atoms with E-state index in [9.17, 15) is 22.9 Å². The molecule has 0 aliphatic carbocycles. The highest BCUT2D eigenvalue weighted by Gasteiger charge is 2.18. The Morgan fingerprint density at radius 1 is 1.20 bits per heavy atom. The summed E-state index contributed by atoms with van der Waals surface area (Å²) in [6.45, 7) is 0.0615. The molecule has 0 radical (unpaired) electrons. The number of thiazole rings is 1. The van der Waals surface area contributed by atoms with Gasteiger partial charge in [0.05, 0.1) is 15.5 Å². The minimum atomic E-state index is -3.90. The Kier molecular flexibility index (Phi) is 5.28. The fourth-order valence-electron chi connectivity index (χ4n) is 2.81. The highest BCUT2D eigenvalue weighted by atomic mass is 32.2. The van der Waals surface area contributed by atoms with E-state index in [0.717, 1.165) is 11.8 Å². The van der Waals surface area contributed by atoms with Crippen molar-refractivity contribution in [2.45, 2.75) is 11.3 Å². The Balaban J connectivity index is 1.49. The summed E-state index contributed by atoms with van der Waals surface area (Å²) < 4.78 is 42.3. The zero-order valence-electron chi connectivity index (χ0n) is 15.2. The number of hydrogen-bond donors (Lipinski definition) is 1. The number of nitrogens with one attached hydrogen (secondary N) is 1. The van der Waals surface area contributed by atoms with E-state index in [1.165, 1.54) is 41.7 Å². The molecule has 4 aromatic rings. The maximum absolute atomic E-state index is 13.4. The van der Waals surface area contributed by atoms with Crippen molar-refractivity contribution >= 4 is 32.0 Å². The van der Waals surface area contributed by atoms with Gasteiger partial charge in [-0.05, 0) is 18.2 Å². The van der Waals surface area contributed by atoms with Gasteiger partial charge in [0, 0.05) is 36.0 Å². The van der Waals surface area contributed by atoms with Crippen LogP contribution in [0.5, 0.6) is 0 Å². The van der Waals surface area contributed by atoms with Crippen LogP contribution < -0.4 is 4.72 Å². The number of non-ortho nitro benzene ring substituents is 1. The van der Waals surface area contributed by atoms with Crippen molar-refractivity contribution in [3.05, 3.63) is 75.5 Å². The highest BCUT2D eigenvalue weighted by molar-refractivity contribution is 7.89. The Hall–Kier alpha value is -3.22. The summed E-state index contributed by atoms with van der Waals surface area (Å²) in [6.07, 6.45) is 0.320. The van der Waals surface area contributed by atoms with Gasteiger partial charge in [-0.2, -0.15) is 4.98 Å². The summed E-state index contributed by atoms with van der Waals surface area (Å²) in [5.74, 6) is -0.0128. The molecular weight excluding hydrogens is 433 g/mol. The van der Waals surface area contributed by atoms with E-state index in [1.807, 2.05) is 5.38 Å². The van der Waals surface area contributed by atoms with Gasteiger partial charge in [0.15, 0.2) is 5.82 Å². The number of benzene rings is 2. The summed E-state index contributed by atoms with van der Waals surface area (Å²) in [4.78, 5) is 15.0. The fourth-order valence-corrected chi connectivity index (χ4v) is 4.73. The van der Waals surface area contributed by atoms with Gasteiger partial charge in [-0.1, -0.05) is 18.2 Å². The van der Waals surface area contributed by atoms with Crippen LogP contribution in [0.2, 0.25) is 0 Å². The van der Waals surface area contributed by atoms with Crippen LogP contribution in [0.15, 0.2) is 58.8 Å². The van der Waals surface area contributed by atoms with Crippen LogP contribution in [0.3, 0.4) is 0 Å². The van der Waals surface area contributed by atoms with Gasteiger partial charge in [-0.15, -0.1) is 16.4 Å². The number of sulfonamides is 1. The summed E-state index contributed by atoms with van der Waals surface area (Å²) in [5.41, 5.74) is 0.972. The molecule has 0 spiro atoms. The van der Waals surface area contributed by atoms with Crippen LogP contribution in [-0.4, -0.2) is 34.5 Å². The fraction of sp³-hybridized carbons (Fsp3) is 0.111. The van der Waals surface area contributed by atoms with Crippen LogP contribution in [-0.2, 0) is 16.4 Å². The molecule has 0 saturated carbocycles. The Labute approximate surface area is 174 Å². The third kappa shape index (κ3) is 4.06. The first kappa shape index (κ1) is 20.1. The molecule has 1 N–H and O–H groups in total. The second-order valence-electron chi connectivity index (χ2n) is 6.27. The van der Waals surface area contributed by atoms with Gasteiger partial charge in [0.1, 0.15) is 5.82 Å². The minimum Gasteiger partial charge on any atom is -0.258 e. The number of aromatic nitrogens is 3. The van der Waals surface area contributed by atoms with Gasteiger partial charge >= 0.3 is 0 Å². The van der Waals surface area contributed by atoms with E-state index in [-0.39, 0.29) is 22.9 Å². The second-order valence-corrected chi connectivity index (χ2v) is 8.87. The number of hydrogen-bond acceptors (Lipinski definition) is 7. The topological polar surface area (TPSA) is 120 Å². The molecule has 4 rings (SSSR count). The minimum absolute atomic E-state index is 0.0615. The van der Waals surface area contributed by atoms with Gasteiger partial charge in [-0.25, -0.2) is 22.0 Å². The molecule has 0 atom stereocenters. The molecule has 30 heavy (non-hydrogen) atoms. The van der Waals surface area contributed by atoms with Crippen LogP contribution in [0.25, 0.3) is 16.3 Å². The summed E-state index contributed by atoms with van der Waals surface area (Å²) in [6, 6.07) is 10.8. The van der Waals surface area contributed by atoms with Crippen molar-refractivity contribution in [3.63, 3.8) is 0 Å². The zero-order valence-corrected chi connectivity index (χ0v) is 16.9. The Morgan fingerprint density at radius 3 is 2.77 bits per heavy atom. The van der Waals surface area contributed by atoms with Gasteiger partial charge in [0.2, 0.25) is 15.0 Å². The van der Waals surface area contributed by atoms with Gasteiger partial charge < -0.3 is 0 Å². The van der Waals surface area contributed by atoms with E-state index in [4.69, 9.17) is 0 Å². The molecular formula is C18H14FN5O4S2. The van der Waals surface area contributed by atoms with Crippen molar-refractivity contribution < 1.29 is 17.7 Å². The lowest BCUT2D eigenvalue weighted by Gasteiger charge is -2.06. The SMILES string of the molecule is O=[N+]([O-])c1cccc(S(=O)(=O)NCCc2csc3nc(-c4cccc(F)c4)nn23)c1. The maximum Gasteiger partial charge on any atom is 0.270 e. The van der Waals surface area contributed by atoms with E-state index >= 15 is 0 Å². The zero-order chi connectivity index (χ0) is 21.3. The summed E-state index contributed by atoms with van der Waals surface area (Å²) >= 11 is 1.34. The van der Waals surface area contributed by atoms with Crippen LogP contribution in [0, 0.1) is 15.9 Å². The summed E-state index contributed by atoms with van der Waals surface area (Å²) in [5, 5.41) is 17.0. The number of nitro groups is 1. The predicted octanol–water partition coefficient (Wildman–Crippen LogP) is 3.03. The molecule has 0 aliphatic heterocycles. The monoisotopic (exact) mass is 447 g/mol. The first-order chi connectivity index (χ1) is 14.3. The van der Waals surface area contributed by atoms with Crippen molar-refractivity contribution in [2.75, 3.05) is 6.54 Å². The standard InChI is InChI=1S/C18H14FN5O4S2/c19-13-4-1-3-12(9-13)17-21-18-23(22-17)15(11-29-18)7-8-20-30(27,28)16-6-2-5-14(10-16)24(25)26/h1-6,9-11,20H,7-8H2. The van der Waals surface area contributed by atoms with Gasteiger partial charge in [0.25, 0.3) is 5.69 Å². The van der Waals surface area contributed by atoms with E-state index in [1.54, 1.807) is 16.6 Å². The van der Waals surface area contributed by atoms with Crippen LogP contribution >= 0.6 is 11.3 Å². The van der Waals surface area contributed by atoms with E-state index < -0.39 is 14.9 Å². The van der Waals surface area contributed by atoms with E-state index in [0.29, 0.717) is 22.8 Å². The average molecular weight is 447 g/mol. The second kappa shape index (κ2) is 7.89. The molecule has 0 aliphatic rings. The molecule has 0 saturated heterocycles. The first-order valence-electron chi connectivity index (χ1n) is 8.67. The number of nitrogens with zero attached hydrogens (tertiary/aromatic N) is 4. The molecule has 2 aromatic carbocycles. The lowest BCUT2D eigenvalue weighted by atomic mass is 10.2. The van der Waals surface area contributed by atoms with Crippen LogP contribution in [0.1, 0.15) is 5.69 Å². The van der Waals surface area contributed by atoms with Gasteiger partial charge in [-0.3, -0.25) is 10.1 Å². The third-order valence-electron chi connectivity index (χ3n) is 4.24. The predicted molar refractivity (Wildman–Crippen MR) is 108 cm³/mol. The summed E-state index contributed by atoms with van der Waals surface area (Å²) in [7, 11) is -3.90. The smallest absolute Gasteiger partial charge is 0.258 e. The molecule has 0 bridgehead atoms. The molecule has 12 heteroatoms. The molecule has 0 unspecified atom stereocenters. The Morgan fingerprint density at radius 2 is 2.00 bits per heavy atom. The van der Waals surface area contributed by atoms with Crippen molar-refractivity contribution in [3.8, 4) is 11.4 Å². The van der Waals surface area contributed by atoms with E-state index in [2.05, 4.69) is 14.8 Å². The molecule has 154 valence electrons. The molecule has 2 heterocycles. The maximum atomic E-state index is 13.4. The lowest BCUT2D eigenvalue weighted by molar-refractivity contribution is -0.385. The van der Waals surface area contributed by atoms with Crippen molar-refractivity contribution in [2.24, 2.45) is 0 Å². The van der Waals surface area contributed by atoms with Crippen molar-refractivity contribution in [1.82, 2.24) is 19.3 Å². The lowest BCUT2D eigenvalue weighted by Crippen LogP contribution is -2.26. The largest absolute Gasteiger partial charge is 0.270 e. The normalized spacial score (nSPS) is 11.8. The Bertz CT molecular complexity index is 1350. The van der Waals surface area contributed by atoms with Crippen molar-refractivity contribution in [1.29, 1.82) is 0 Å². The number of rotatable bonds is 7. The number of halogens is 1. The molecule has 0 fully saturated rings. The third-order valence-corrected chi connectivity index (χ3v) is 6.57. The number of nitro benzene ring substituents is 1. The molecule has 0 amide bonds. The molecule has 9 nitrogen and oxygen atoms in total.